The molecule has 90 valence electrons. The summed E-state index contributed by atoms with van der Waals surface area (Å²) in [6, 6.07) is 6.08. The molecule has 0 N–H and O–H groups in total. The Kier molecular flexibility index (Phi) is 3.38. The Morgan fingerprint density at radius 1 is 1.41 bits per heavy atom. The molecule has 0 aliphatic rings. The molecule has 0 spiro atoms. The summed E-state index contributed by atoms with van der Waals surface area (Å²) in [4.78, 5) is 6.38. The number of pyridine rings is 1. The zero-order valence-corrected chi connectivity index (χ0v) is 11.1. The standard InChI is InChI=1S/C13H16ClN3/c1-10-6-12(4-5-15-10)17(3)9-13-7-11(14)8-16(13)2/h4-8H,9H2,1-3H3. The molecular weight excluding hydrogens is 234 g/mol. The Labute approximate surface area is 107 Å². The minimum absolute atomic E-state index is 0.779. The van der Waals surface area contributed by atoms with Crippen molar-refractivity contribution in [2.45, 2.75) is 13.5 Å². The maximum atomic E-state index is 5.97. The number of nitrogens with zero attached hydrogens (tertiary/aromatic N) is 3. The first kappa shape index (κ1) is 12.0. The van der Waals surface area contributed by atoms with E-state index in [2.05, 4.69) is 23.0 Å². The zero-order chi connectivity index (χ0) is 12.4. The lowest BCUT2D eigenvalue weighted by atomic mass is 10.3. The van der Waals surface area contributed by atoms with Gasteiger partial charge in [0.2, 0.25) is 0 Å². The first-order valence-electron chi connectivity index (χ1n) is 5.51. The van der Waals surface area contributed by atoms with Crippen molar-refractivity contribution in [1.82, 2.24) is 9.55 Å². The third-order valence-electron chi connectivity index (χ3n) is 2.79. The predicted molar refractivity (Wildman–Crippen MR) is 71.5 cm³/mol. The molecule has 0 saturated heterocycles. The summed E-state index contributed by atoms with van der Waals surface area (Å²) in [5.74, 6) is 0. The van der Waals surface area contributed by atoms with Crippen LogP contribution in [0.2, 0.25) is 5.02 Å². The molecule has 0 fully saturated rings. The van der Waals surface area contributed by atoms with Crippen molar-refractivity contribution >= 4 is 17.3 Å². The molecule has 2 aromatic heterocycles. The molecule has 17 heavy (non-hydrogen) atoms. The first-order chi connectivity index (χ1) is 8.06. The van der Waals surface area contributed by atoms with Gasteiger partial charge in [0.1, 0.15) is 0 Å². The van der Waals surface area contributed by atoms with E-state index in [1.54, 1.807) is 0 Å². The molecule has 0 aliphatic carbocycles. The van der Waals surface area contributed by atoms with Gasteiger partial charge in [-0.25, -0.2) is 0 Å². The van der Waals surface area contributed by atoms with Gasteiger partial charge in [-0.3, -0.25) is 4.98 Å². The van der Waals surface area contributed by atoms with E-state index in [0.29, 0.717) is 0 Å². The molecule has 2 rings (SSSR count). The van der Waals surface area contributed by atoms with E-state index in [1.807, 2.05) is 43.1 Å². The van der Waals surface area contributed by atoms with Crippen LogP contribution in [0.1, 0.15) is 11.4 Å². The van der Waals surface area contributed by atoms with Crippen LogP contribution in [0, 0.1) is 6.92 Å². The van der Waals surface area contributed by atoms with E-state index in [4.69, 9.17) is 11.6 Å². The fourth-order valence-electron chi connectivity index (χ4n) is 1.83. The Morgan fingerprint density at radius 3 is 2.76 bits per heavy atom. The third kappa shape index (κ3) is 2.80. The second-order valence-corrected chi connectivity index (χ2v) is 4.71. The lowest BCUT2D eigenvalue weighted by molar-refractivity contribution is 0.789. The van der Waals surface area contributed by atoms with Crippen LogP contribution in [0.15, 0.2) is 30.6 Å². The van der Waals surface area contributed by atoms with Crippen molar-refractivity contribution in [1.29, 1.82) is 0 Å². The van der Waals surface area contributed by atoms with Crippen molar-refractivity contribution < 1.29 is 0 Å². The highest BCUT2D eigenvalue weighted by atomic mass is 35.5. The molecular formula is C13H16ClN3. The topological polar surface area (TPSA) is 21.1 Å². The normalized spacial score (nSPS) is 10.6. The van der Waals surface area contributed by atoms with Gasteiger partial charge >= 0.3 is 0 Å². The Morgan fingerprint density at radius 2 is 2.18 bits per heavy atom. The maximum Gasteiger partial charge on any atom is 0.0586 e. The van der Waals surface area contributed by atoms with Crippen LogP contribution in [0.4, 0.5) is 5.69 Å². The second-order valence-electron chi connectivity index (χ2n) is 4.27. The fraction of sp³-hybridized carbons (Fsp3) is 0.308. The van der Waals surface area contributed by atoms with Gasteiger partial charge < -0.3 is 9.47 Å². The van der Waals surface area contributed by atoms with Gasteiger partial charge in [-0.15, -0.1) is 0 Å². The molecule has 0 saturated carbocycles. The number of rotatable bonds is 3. The summed E-state index contributed by atoms with van der Waals surface area (Å²) in [5.41, 5.74) is 3.38. The van der Waals surface area contributed by atoms with Crippen molar-refractivity contribution in [2.24, 2.45) is 7.05 Å². The van der Waals surface area contributed by atoms with Crippen LogP contribution in [0.25, 0.3) is 0 Å². The van der Waals surface area contributed by atoms with Crippen LogP contribution in [-0.4, -0.2) is 16.6 Å². The summed E-state index contributed by atoms with van der Waals surface area (Å²) in [6.07, 6.45) is 3.75. The average Bonchev–Trinajstić information content (AvgIpc) is 2.57. The number of hydrogen-bond donors (Lipinski definition) is 0. The molecule has 2 heterocycles. The van der Waals surface area contributed by atoms with E-state index in [0.717, 1.165) is 22.9 Å². The lowest BCUT2D eigenvalue weighted by Crippen LogP contribution is -2.18. The van der Waals surface area contributed by atoms with Gasteiger partial charge in [0, 0.05) is 43.6 Å². The van der Waals surface area contributed by atoms with E-state index >= 15 is 0 Å². The Hall–Kier alpha value is -1.48. The Balaban J connectivity index is 2.16. The first-order valence-corrected chi connectivity index (χ1v) is 5.88. The van der Waals surface area contributed by atoms with Crippen molar-refractivity contribution in [3.05, 3.63) is 47.0 Å². The highest BCUT2D eigenvalue weighted by Crippen LogP contribution is 2.18. The maximum absolute atomic E-state index is 5.97. The minimum atomic E-state index is 0.779. The van der Waals surface area contributed by atoms with Crippen LogP contribution >= 0.6 is 11.6 Å². The number of anilines is 1. The van der Waals surface area contributed by atoms with E-state index < -0.39 is 0 Å². The number of hydrogen-bond acceptors (Lipinski definition) is 2. The van der Waals surface area contributed by atoms with Gasteiger partial charge in [0.15, 0.2) is 0 Å². The molecule has 0 atom stereocenters. The highest BCUT2D eigenvalue weighted by molar-refractivity contribution is 6.30. The average molecular weight is 250 g/mol. The zero-order valence-electron chi connectivity index (χ0n) is 10.3. The molecule has 0 unspecified atom stereocenters. The smallest absolute Gasteiger partial charge is 0.0586 e. The van der Waals surface area contributed by atoms with Gasteiger partial charge in [0.05, 0.1) is 11.6 Å². The van der Waals surface area contributed by atoms with E-state index in [-0.39, 0.29) is 0 Å². The van der Waals surface area contributed by atoms with Crippen molar-refractivity contribution in [3.63, 3.8) is 0 Å². The van der Waals surface area contributed by atoms with E-state index in [9.17, 15) is 0 Å². The van der Waals surface area contributed by atoms with Crippen LogP contribution in [-0.2, 0) is 13.6 Å². The van der Waals surface area contributed by atoms with E-state index in [1.165, 1.54) is 5.69 Å². The van der Waals surface area contributed by atoms with Crippen molar-refractivity contribution in [2.75, 3.05) is 11.9 Å². The summed E-state index contributed by atoms with van der Waals surface area (Å²) in [5, 5.41) is 0.779. The minimum Gasteiger partial charge on any atom is -0.369 e. The largest absolute Gasteiger partial charge is 0.369 e. The summed E-state index contributed by atoms with van der Waals surface area (Å²) >= 11 is 5.97. The van der Waals surface area contributed by atoms with Crippen LogP contribution in [0.5, 0.6) is 0 Å². The molecule has 3 nitrogen and oxygen atoms in total. The summed E-state index contributed by atoms with van der Waals surface area (Å²) < 4.78 is 2.05. The monoisotopic (exact) mass is 249 g/mol. The van der Waals surface area contributed by atoms with Gasteiger partial charge in [-0.2, -0.15) is 0 Å². The van der Waals surface area contributed by atoms with Gasteiger partial charge in [-0.1, -0.05) is 11.6 Å². The van der Waals surface area contributed by atoms with Gasteiger partial charge in [-0.05, 0) is 25.1 Å². The SMILES string of the molecule is Cc1cc(N(C)Cc2cc(Cl)cn2C)ccn1. The number of halogens is 1. The summed E-state index contributed by atoms with van der Waals surface area (Å²) in [6.45, 7) is 2.82. The highest BCUT2D eigenvalue weighted by Gasteiger charge is 2.06. The van der Waals surface area contributed by atoms with Gasteiger partial charge in [0.25, 0.3) is 0 Å². The molecule has 0 radical (unpaired) electrons. The summed E-state index contributed by atoms with van der Waals surface area (Å²) in [7, 11) is 4.07. The Bertz CT molecular complexity index is 519. The third-order valence-corrected chi connectivity index (χ3v) is 3.00. The quantitative estimate of drug-likeness (QED) is 0.834. The molecule has 4 heteroatoms. The molecule has 0 bridgehead atoms. The predicted octanol–water partition coefficient (Wildman–Crippen LogP) is 3.02. The number of aromatic nitrogens is 2. The molecule has 0 aromatic carbocycles. The van der Waals surface area contributed by atoms with Crippen LogP contribution < -0.4 is 4.90 Å². The van der Waals surface area contributed by atoms with Crippen molar-refractivity contribution in [3.8, 4) is 0 Å². The second kappa shape index (κ2) is 4.80. The molecule has 0 amide bonds. The molecule has 2 aromatic rings. The van der Waals surface area contributed by atoms with Crippen LogP contribution in [0.3, 0.4) is 0 Å². The molecule has 0 aliphatic heterocycles. The number of aryl methyl sites for hydroxylation is 2. The lowest BCUT2D eigenvalue weighted by Gasteiger charge is -2.19. The fourth-order valence-corrected chi connectivity index (χ4v) is 2.10.